The SMILES string of the molecule is CCc1cccc(C2CCCCCC2CN)c1. The number of benzene rings is 1. The fourth-order valence-corrected chi connectivity index (χ4v) is 3.15. The Labute approximate surface area is 105 Å². The highest BCUT2D eigenvalue weighted by Crippen LogP contribution is 2.36. The molecule has 1 saturated carbocycles. The van der Waals surface area contributed by atoms with Gasteiger partial charge in [-0.05, 0) is 48.8 Å². The van der Waals surface area contributed by atoms with Crippen molar-refractivity contribution in [1.82, 2.24) is 0 Å². The van der Waals surface area contributed by atoms with Crippen molar-refractivity contribution in [2.45, 2.75) is 51.4 Å². The van der Waals surface area contributed by atoms with E-state index in [4.69, 9.17) is 5.73 Å². The molecule has 1 fully saturated rings. The molecule has 0 amide bonds. The average molecular weight is 231 g/mol. The lowest BCUT2D eigenvalue weighted by Gasteiger charge is -2.24. The van der Waals surface area contributed by atoms with Crippen molar-refractivity contribution in [3.8, 4) is 0 Å². The fraction of sp³-hybridized carbons (Fsp3) is 0.625. The van der Waals surface area contributed by atoms with E-state index < -0.39 is 0 Å². The van der Waals surface area contributed by atoms with E-state index in [1.807, 2.05) is 0 Å². The van der Waals surface area contributed by atoms with Crippen LogP contribution in [0.25, 0.3) is 0 Å². The van der Waals surface area contributed by atoms with E-state index >= 15 is 0 Å². The first-order valence-electron chi connectivity index (χ1n) is 7.14. The van der Waals surface area contributed by atoms with Gasteiger partial charge in [0.05, 0.1) is 0 Å². The van der Waals surface area contributed by atoms with Crippen molar-refractivity contribution in [3.05, 3.63) is 35.4 Å². The number of hydrogen-bond donors (Lipinski definition) is 1. The molecule has 0 saturated heterocycles. The summed E-state index contributed by atoms with van der Waals surface area (Å²) in [6.07, 6.45) is 7.91. The van der Waals surface area contributed by atoms with Gasteiger partial charge in [0.15, 0.2) is 0 Å². The summed E-state index contributed by atoms with van der Waals surface area (Å²) in [5.74, 6) is 1.40. The van der Waals surface area contributed by atoms with Crippen LogP contribution in [0.5, 0.6) is 0 Å². The van der Waals surface area contributed by atoms with Gasteiger partial charge >= 0.3 is 0 Å². The Kier molecular flexibility index (Phi) is 4.61. The molecule has 0 bridgehead atoms. The molecule has 17 heavy (non-hydrogen) atoms. The van der Waals surface area contributed by atoms with Crippen LogP contribution in [-0.2, 0) is 6.42 Å². The van der Waals surface area contributed by atoms with Gasteiger partial charge in [-0.2, -0.15) is 0 Å². The van der Waals surface area contributed by atoms with Crippen LogP contribution in [-0.4, -0.2) is 6.54 Å². The minimum atomic E-state index is 0.699. The van der Waals surface area contributed by atoms with E-state index in [0.717, 1.165) is 13.0 Å². The topological polar surface area (TPSA) is 26.0 Å². The zero-order valence-corrected chi connectivity index (χ0v) is 11.0. The maximum absolute atomic E-state index is 5.97. The lowest BCUT2D eigenvalue weighted by Crippen LogP contribution is -2.21. The first-order valence-corrected chi connectivity index (χ1v) is 7.14. The molecule has 2 rings (SSSR count). The Bertz CT molecular complexity index is 345. The van der Waals surface area contributed by atoms with Gasteiger partial charge in [-0.15, -0.1) is 0 Å². The Hall–Kier alpha value is -0.820. The molecule has 2 atom stereocenters. The second kappa shape index (κ2) is 6.20. The van der Waals surface area contributed by atoms with Crippen LogP contribution in [0.4, 0.5) is 0 Å². The van der Waals surface area contributed by atoms with Gasteiger partial charge in [-0.25, -0.2) is 0 Å². The molecule has 1 aromatic carbocycles. The van der Waals surface area contributed by atoms with Crippen LogP contribution in [0.3, 0.4) is 0 Å². The molecular weight excluding hydrogens is 206 g/mol. The molecule has 0 heterocycles. The Balaban J connectivity index is 2.21. The van der Waals surface area contributed by atoms with E-state index in [1.165, 1.54) is 43.2 Å². The van der Waals surface area contributed by atoms with Crippen molar-refractivity contribution < 1.29 is 0 Å². The van der Waals surface area contributed by atoms with Crippen LogP contribution >= 0.6 is 0 Å². The third-order valence-electron chi connectivity index (χ3n) is 4.25. The number of aryl methyl sites for hydroxylation is 1. The van der Waals surface area contributed by atoms with Gasteiger partial charge in [0.1, 0.15) is 0 Å². The van der Waals surface area contributed by atoms with Crippen LogP contribution < -0.4 is 5.73 Å². The average Bonchev–Trinajstić information content (AvgIpc) is 2.63. The van der Waals surface area contributed by atoms with Gasteiger partial charge in [0.2, 0.25) is 0 Å². The molecule has 0 radical (unpaired) electrons. The fourth-order valence-electron chi connectivity index (χ4n) is 3.15. The Morgan fingerprint density at radius 2 is 2.00 bits per heavy atom. The van der Waals surface area contributed by atoms with Crippen LogP contribution in [0, 0.1) is 5.92 Å². The third-order valence-corrected chi connectivity index (χ3v) is 4.25. The predicted molar refractivity (Wildman–Crippen MR) is 74.2 cm³/mol. The van der Waals surface area contributed by atoms with E-state index in [-0.39, 0.29) is 0 Å². The quantitative estimate of drug-likeness (QED) is 0.785. The van der Waals surface area contributed by atoms with Crippen LogP contribution in [0.1, 0.15) is 56.1 Å². The first-order chi connectivity index (χ1) is 8.35. The smallest absolute Gasteiger partial charge is 0.00430 e. The van der Waals surface area contributed by atoms with E-state index in [1.54, 1.807) is 0 Å². The van der Waals surface area contributed by atoms with Crippen LogP contribution in [0.2, 0.25) is 0 Å². The number of hydrogen-bond acceptors (Lipinski definition) is 1. The van der Waals surface area contributed by atoms with Gasteiger partial charge in [0, 0.05) is 0 Å². The summed E-state index contributed by atoms with van der Waals surface area (Å²) in [5, 5.41) is 0. The summed E-state index contributed by atoms with van der Waals surface area (Å²) >= 11 is 0. The standard InChI is InChI=1S/C16H25N/c1-2-13-7-6-9-14(11-13)16-10-5-3-4-8-15(16)12-17/h6-7,9,11,15-16H,2-5,8,10,12,17H2,1H3. The van der Waals surface area contributed by atoms with Gasteiger partial charge < -0.3 is 5.73 Å². The van der Waals surface area contributed by atoms with Crippen molar-refractivity contribution in [3.63, 3.8) is 0 Å². The monoisotopic (exact) mass is 231 g/mol. The van der Waals surface area contributed by atoms with E-state index in [2.05, 4.69) is 31.2 Å². The summed E-state index contributed by atoms with van der Waals surface area (Å²) in [5.41, 5.74) is 8.96. The largest absolute Gasteiger partial charge is 0.330 e. The molecule has 1 aliphatic carbocycles. The summed E-state index contributed by atoms with van der Waals surface area (Å²) in [6.45, 7) is 3.08. The lowest BCUT2D eigenvalue weighted by atomic mass is 9.82. The second-order valence-electron chi connectivity index (χ2n) is 5.34. The zero-order valence-electron chi connectivity index (χ0n) is 11.0. The molecule has 1 aromatic rings. The van der Waals surface area contributed by atoms with Crippen LogP contribution in [0.15, 0.2) is 24.3 Å². The van der Waals surface area contributed by atoms with E-state index in [0.29, 0.717) is 11.8 Å². The molecule has 0 aromatic heterocycles. The van der Waals surface area contributed by atoms with Crippen molar-refractivity contribution in [2.24, 2.45) is 11.7 Å². The molecule has 2 N–H and O–H groups in total. The summed E-state index contributed by atoms with van der Waals surface area (Å²) < 4.78 is 0. The minimum absolute atomic E-state index is 0.699. The molecule has 0 aliphatic heterocycles. The normalized spacial score (nSPS) is 25.5. The highest BCUT2D eigenvalue weighted by molar-refractivity contribution is 5.27. The predicted octanol–water partition coefficient (Wildman–Crippen LogP) is 3.87. The van der Waals surface area contributed by atoms with Gasteiger partial charge in [-0.1, -0.05) is 50.5 Å². The van der Waals surface area contributed by atoms with Crippen molar-refractivity contribution >= 4 is 0 Å². The Morgan fingerprint density at radius 1 is 1.18 bits per heavy atom. The maximum atomic E-state index is 5.97. The highest BCUT2D eigenvalue weighted by atomic mass is 14.6. The number of rotatable bonds is 3. The zero-order chi connectivity index (χ0) is 12.1. The first kappa shape index (κ1) is 12.6. The molecule has 1 heteroatoms. The van der Waals surface area contributed by atoms with Gasteiger partial charge in [-0.3, -0.25) is 0 Å². The molecular formula is C16H25N. The summed E-state index contributed by atoms with van der Waals surface area (Å²) in [7, 11) is 0. The highest BCUT2D eigenvalue weighted by Gasteiger charge is 2.23. The number of nitrogens with two attached hydrogens (primary N) is 1. The van der Waals surface area contributed by atoms with Gasteiger partial charge in [0.25, 0.3) is 0 Å². The second-order valence-corrected chi connectivity index (χ2v) is 5.34. The summed E-state index contributed by atoms with van der Waals surface area (Å²) in [6, 6.07) is 9.15. The minimum Gasteiger partial charge on any atom is -0.330 e. The van der Waals surface area contributed by atoms with E-state index in [9.17, 15) is 0 Å². The third kappa shape index (κ3) is 3.10. The van der Waals surface area contributed by atoms with Crippen molar-refractivity contribution in [1.29, 1.82) is 0 Å². The molecule has 2 unspecified atom stereocenters. The summed E-state index contributed by atoms with van der Waals surface area (Å²) in [4.78, 5) is 0. The Morgan fingerprint density at radius 3 is 2.76 bits per heavy atom. The molecule has 1 nitrogen and oxygen atoms in total. The lowest BCUT2D eigenvalue weighted by molar-refractivity contribution is 0.408. The molecule has 0 spiro atoms. The maximum Gasteiger partial charge on any atom is -0.00430 e. The molecule has 1 aliphatic rings. The molecule has 94 valence electrons. The van der Waals surface area contributed by atoms with Crippen molar-refractivity contribution in [2.75, 3.05) is 6.54 Å².